The van der Waals surface area contributed by atoms with Crippen molar-refractivity contribution in [2.45, 2.75) is 83.8 Å². The molecule has 4 aliphatic carbocycles. The van der Waals surface area contributed by atoms with Crippen molar-refractivity contribution in [3.05, 3.63) is 0 Å². The van der Waals surface area contributed by atoms with Gasteiger partial charge in [-0.25, -0.2) is 4.79 Å². The van der Waals surface area contributed by atoms with Gasteiger partial charge in [0.25, 0.3) is 0 Å². The Morgan fingerprint density at radius 1 is 1.03 bits per heavy atom. The third-order valence-electron chi connectivity index (χ3n) is 10.5. The summed E-state index contributed by atoms with van der Waals surface area (Å²) in [6.07, 6.45) is 11.4. The van der Waals surface area contributed by atoms with Crippen LogP contribution in [-0.2, 0) is 9.53 Å². The molecule has 0 aromatic carbocycles. The van der Waals surface area contributed by atoms with Crippen LogP contribution in [-0.4, -0.2) is 63.9 Å². The molecule has 0 aliphatic heterocycles. The van der Waals surface area contributed by atoms with Crippen LogP contribution in [0.4, 0.5) is 0 Å². The lowest BCUT2D eigenvalue weighted by Gasteiger charge is -2.60. The maximum Gasteiger partial charge on any atom is 0.362 e. The molecule has 4 rings (SSSR count). The van der Waals surface area contributed by atoms with Crippen LogP contribution in [0.5, 0.6) is 0 Å². The molecule has 5 heteroatoms. The number of hydrogen-bond donors (Lipinski definition) is 1. The molecule has 4 fully saturated rings. The van der Waals surface area contributed by atoms with E-state index in [-0.39, 0.29) is 12.1 Å². The molecule has 4 aliphatic rings. The molecule has 4 saturated carbocycles. The van der Waals surface area contributed by atoms with Crippen LogP contribution in [0, 0.1) is 45.8 Å². The number of nitrogens with one attached hydrogen (secondary N) is 1. The zero-order valence-corrected chi connectivity index (χ0v) is 21.5. The molecule has 32 heavy (non-hydrogen) atoms. The third kappa shape index (κ3) is 4.23. The molecule has 5 nitrogen and oxygen atoms in total. The maximum absolute atomic E-state index is 12.4. The second-order valence-electron chi connectivity index (χ2n) is 13.3. The van der Waals surface area contributed by atoms with Crippen molar-refractivity contribution in [2.24, 2.45) is 34.5 Å². The number of hydrogen-bond acceptors (Lipinski definition) is 3. The first-order valence-electron chi connectivity index (χ1n) is 13.2. The van der Waals surface area contributed by atoms with Crippen molar-refractivity contribution in [1.82, 2.24) is 0 Å². The van der Waals surface area contributed by atoms with Crippen LogP contribution in [0.25, 0.3) is 0 Å². The first kappa shape index (κ1) is 24.0. The van der Waals surface area contributed by atoms with E-state index in [1.54, 1.807) is 0 Å². The number of fused-ring (bicyclic) bond motifs is 5. The number of likely N-dealkylation sites (N-methyl/N-ethyl adjacent to an activating group) is 1. The molecule has 9 atom stereocenters. The van der Waals surface area contributed by atoms with E-state index >= 15 is 0 Å². The van der Waals surface area contributed by atoms with Crippen LogP contribution < -0.4 is 4.90 Å². The Bertz CT molecular complexity index is 755. The minimum absolute atomic E-state index is 0.0331. The Morgan fingerprint density at radius 3 is 2.41 bits per heavy atom. The fourth-order valence-corrected chi connectivity index (χ4v) is 8.99. The van der Waals surface area contributed by atoms with Crippen LogP contribution >= 0.6 is 0 Å². The SMILES string of the molecule is C[NH+](CC#N)[C@H]1CC[C@@H]2[C@@H]3CC[C@H]4C[C@H](OC(=O)C[N+](C)(C)C)CC[C@@]4(C)[C@H]3CC[C@]21C. The number of carbonyl (C=O) groups is 1. The molecule has 0 bridgehead atoms. The van der Waals surface area contributed by atoms with Crippen LogP contribution in [0.2, 0.25) is 0 Å². The summed E-state index contributed by atoms with van der Waals surface area (Å²) in [6.45, 7) is 6.23. The van der Waals surface area contributed by atoms with E-state index in [9.17, 15) is 10.1 Å². The monoisotopic (exact) mass is 445 g/mol. The van der Waals surface area contributed by atoms with Gasteiger partial charge in [-0.3, -0.25) is 0 Å². The number of esters is 1. The molecule has 0 radical (unpaired) electrons. The third-order valence-corrected chi connectivity index (χ3v) is 10.5. The smallest absolute Gasteiger partial charge is 0.362 e. The summed E-state index contributed by atoms with van der Waals surface area (Å²) in [5.41, 5.74) is 0.819. The van der Waals surface area contributed by atoms with E-state index in [0.29, 0.717) is 40.4 Å². The van der Waals surface area contributed by atoms with Gasteiger partial charge in [-0.2, -0.15) is 5.26 Å². The molecule has 0 heterocycles. The summed E-state index contributed by atoms with van der Waals surface area (Å²) in [5.74, 6) is 3.18. The number of nitrogens with zero attached hydrogens (tertiary/aromatic N) is 2. The fraction of sp³-hybridized carbons (Fsp3) is 0.926. The first-order chi connectivity index (χ1) is 15.0. The average Bonchev–Trinajstić information content (AvgIpc) is 3.04. The Kier molecular flexibility index (Phi) is 6.44. The van der Waals surface area contributed by atoms with Gasteiger partial charge in [-0.15, -0.1) is 0 Å². The van der Waals surface area contributed by atoms with E-state index in [1.165, 1.54) is 49.8 Å². The van der Waals surface area contributed by atoms with E-state index in [4.69, 9.17) is 4.74 Å². The number of carbonyl (C=O) groups excluding carboxylic acids is 1. The summed E-state index contributed by atoms with van der Waals surface area (Å²) in [5, 5.41) is 9.26. The summed E-state index contributed by atoms with van der Waals surface area (Å²) >= 11 is 0. The minimum Gasteiger partial charge on any atom is -0.458 e. The molecule has 180 valence electrons. The largest absolute Gasteiger partial charge is 0.458 e. The number of rotatable bonds is 5. The molecule has 0 aromatic rings. The van der Waals surface area contributed by atoms with Gasteiger partial charge >= 0.3 is 5.97 Å². The fourth-order valence-electron chi connectivity index (χ4n) is 8.99. The number of quaternary nitrogens is 2. The second-order valence-corrected chi connectivity index (χ2v) is 13.3. The zero-order valence-electron chi connectivity index (χ0n) is 21.5. The normalized spacial score (nSPS) is 44.5. The Hall–Kier alpha value is -1.12. The lowest BCUT2D eigenvalue weighted by molar-refractivity contribution is -0.906. The highest BCUT2D eigenvalue weighted by Crippen LogP contribution is 2.66. The van der Waals surface area contributed by atoms with Gasteiger partial charge in [-0.1, -0.05) is 13.8 Å². The van der Waals surface area contributed by atoms with Gasteiger partial charge in [0.1, 0.15) is 12.2 Å². The van der Waals surface area contributed by atoms with Crippen LogP contribution in [0.3, 0.4) is 0 Å². The Morgan fingerprint density at radius 2 is 1.72 bits per heavy atom. The van der Waals surface area contributed by atoms with E-state index in [1.807, 2.05) is 21.1 Å². The molecule has 0 aromatic heterocycles. The predicted octanol–water partition coefficient (Wildman–Crippen LogP) is 3.05. The lowest BCUT2D eigenvalue weighted by atomic mass is 9.45. The summed E-state index contributed by atoms with van der Waals surface area (Å²) in [4.78, 5) is 13.9. The minimum atomic E-state index is -0.0331. The van der Waals surface area contributed by atoms with Gasteiger partial charge in [-0.05, 0) is 80.5 Å². The van der Waals surface area contributed by atoms with Gasteiger partial charge in [0, 0.05) is 11.8 Å². The Labute approximate surface area is 196 Å². The summed E-state index contributed by atoms with van der Waals surface area (Å²) < 4.78 is 6.59. The quantitative estimate of drug-likeness (QED) is 0.402. The average molecular weight is 446 g/mol. The van der Waals surface area contributed by atoms with E-state index < -0.39 is 0 Å². The number of ether oxygens (including phenoxy) is 1. The van der Waals surface area contributed by atoms with Crippen molar-refractivity contribution in [3.63, 3.8) is 0 Å². The molecule has 1 N–H and O–H groups in total. The summed E-state index contributed by atoms with van der Waals surface area (Å²) in [6, 6.07) is 3.06. The molecule has 0 saturated heterocycles. The van der Waals surface area contributed by atoms with Crippen molar-refractivity contribution in [1.29, 1.82) is 5.26 Å². The predicted molar refractivity (Wildman–Crippen MR) is 126 cm³/mol. The zero-order chi connectivity index (χ0) is 23.3. The van der Waals surface area contributed by atoms with Crippen LogP contribution in [0.15, 0.2) is 0 Å². The van der Waals surface area contributed by atoms with E-state index in [2.05, 4.69) is 27.0 Å². The standard InChI is InChI=1S/C27H46N3O2/c1-26-13-11-20(32-25(31)18-30(4,5)6)17-19(26)7-8-21-22-9-10-24(29(3)16-15-28)27(22,2)14-12-23(21)26/h19-24H,7-14,16-18H2,1-6H3/q+1/p+1/t19-,20+,21-,22+,23-,24-,26+,27+/m0/s1. The molecular formula is C27H47N3O2+2. The highest BCUT2D eigenvalue weighted by atomic mass is 16.5. The second kappa shape index (κ2) is 8.58. The summed E-state index contributed by atoms with van der Waals surface area (Å²) in [7, 11) is 8.38. The highest BCUT2D eigenvalue weighted by molar-refractivity contribution is 5.70. The molecular weight excluding hydrogens is 398 g/mol. The Balaban J connectivity index is 1.43. The van der Waals surface area contributed by atoms with Crippen molar-refractivity contribution < 1.29 is 18.9 Å². The topological polar surface area (TPSA) is 54.5 Å². The lowest BCUT2D eigenvalue weighted by Crippen LogP contribution is -3.14. The van der Waals surface area contributed by atoms with E-state index in [0.717, 1.165) is 30.6 Å². The molecule has 1 unspecified atom stereocenters. The van der Waals surface area contributed by atoms with Gasteiger partial charge in [0.05, 0.1) is 34.2 Å². The van der Waals surface area contributed by atoms with Crippen LogP contribution in [0.1, 0.15) is 71.6 Å². The van der Waals surface area contributed by atoms with Gasteiger partial charge in [0.15, 0.2) is 13.1 Å². The first-order valence-corrected chi connectivity index (χ1v) is 13.2. The van der Waals surface area contributed by atoms with Crippen molar-refractivity contribution in [2.75, 3.05) is 41.3 Å². The molecule has 0 spiro atoms. The van der Waals surface area contributed by atoms with Crippen molar-refractivity contribution in [3.8, 4) is 6.07 Å². The van der Waals surface area contributed by atoms with Gasteiger partial charge < -0.3 is 14.1 Å². The molecule has 0 amide bonds. The number of nitriles is 1. The maximum atomic E-state index is 12.4. The van der Waals surface area contributed by atoms with Crippen molar-refractivity contribution >= 4 is 5.97 Å². The van der Waals surface area contributed by atoms with Gasteiger partial charge in [0.2, 0.25) is 0 Å². The highest BCUT2D eigenvalue weighted by Gasteiger charge is 2.62.